The maximum absolute atomic E-state index is 13.3. The molecule has 0 aromatic heterocycles. The molecule has 0 saturated heterocycles. The number of aromatic hydroxyl groups is 8. The van der Waals surface area contributed by atoms with Crippen LogP contribution in [-0.4, -0.2) is 77.1 Å². The Kier molecular flexibility index (Phi) is 10.9. The molecule has 0 fully saturated rings. The van der Waals surface area contributed by atoms with Crippen molar-refractivity contribution in [1.82, 2.24) is 5.32 Å². The number of carbonyl (C=O) groups excluding carboxylic acids is 1. The minimum atomic E-state index is -1.81. The molecule has 0 heterocycles. The highest BCUT2D eigenvalue weighted by atomic mass is 16.6. The number of hydrogen-bond donors (Lipinski definition) is 10. The lowest BCUT2D eigenvalue weighted by Gasteiger charge is -2.29. The third-order valence-corrected chi connectivity index (χ3v) is 10.5. The summed E-state index contributed by atoms with van der Waals surface area (Å²) in [6.07, 6.45) is 4.77. The van der Waals surface area contributed by atoms with Crippen LogP contribution in [0.4, 0.5) is 0 Å². The van der Waals surface area contributed by atoms with Crippen molar-refractivity contribution < 1.29 is 60.3 Å². The van der Waals surface area contributed by atoms with Crippen LogP contribution in [0.25, 0.3) is 28.9 Å². The molecule has 0 unspecified atom stereocenters. The van der Waals surface area contributed by atoms with E-state index in [1.54, 1.807) is 25.1 Å². The Labute approximate surface area is 316 Å². The fourth-order valence-corrected chi connectivity index (χ4v) is 7.76. The van der Waals surface area contributed by atoms with Crippen molar-refractivity contribution in [2.45, 2.75) is 63.9 Å². The average Bonchev–Trinajstić information content (AvgIpc) is 3.36. The predicted molar refractivity (Wildman–Crippen MR) is 203 cm³/mol. The lowest BCUT2D eigenvalue weighted by atomic mass is 9.75. The maximum atomic E-state index is 13.3. The fraction of sp³-hybridized carbons (Fsp3) is 0.286. The molecule has 0 spiro atoms. The summed E-state index contributed by atoms with van der Waals surface area (Å²) < 4.78 is 5.44. The predicted octanol–water partition coefficient (Wildman–Crippen LogP) is 6.33. The summed E-state index contributed by atoms with van der Waals surface area (Å²) in [4.78, 5) is 25.8. The number of benzene rings is 4. The van der Waals surface area contributed by atoms with Gasteiger partial charge in [0.1, 0.15) is 5.75 Å². The summed E-state index contributed by atoms with van der Waals surface area (Å²) in [5, 5.41) is 97.9. The van der Waals surface area contributed by atoms with E-state index >= 15 is 0 Å². The second-order valence-electron chi connectivity index (χ2n) is 13.8. The van der Waals surface area contributed by atoms with Gasteiger partial charge in [0.15, 0.2) is 40.2 Å². The zero-order chi connectivity index (χ0) is 39.7. The zero-order valence-electron chi connectivity index (χ0n) is 30.2. The summed E-state index contributed by atoms with van der Waals surface area (Å²) in [6.45, 7) is 4.06. The SMILES string of the molecule is CCNC[C@@H](c1cc(O)c(O)c(O)c1)[C@@H](OC(=O)/C=C\c1cc(O)c(O)c2c1C=C(c1cc(O)c(O)c3c1-c1cccc(O)c1CCC3)C[C@H]2CC)C(=O)O. The van der Waals surface area contributed by atoms with Gasteiger partial charge in [0.25, 0.3) is 0 Å². The molecule has 0 saturated carbocycles. The van der Waals surface area contributed by atoms with Gasteiger partial charge in [-0.15, -0.1) is 0 Å². The van der Waals surface area contributed by atoms with E-state index in [1.165, 1.54) is 18.2 Å². The molecule has 0 radical (unpaired) electrons. The van der Waals surface area contributed by atoms with Crippen molar-refractivity contribution >= 4 is 29.7 Å². The number of likely N-dealkylation sites (N-methyl/N-ethyl adjacent to an activating group) is 1. The minimum Gasteiger partial charge on any atom is -0.508 e. The van der Waals surface area contributed by atoms with Crippen molar-refractivity contribution in [3.8, 4) is 57.1 Å². The first-order valence-electron chi connectivity index (χ1n) is 18.0. The number of aliphatic carboxylic acids is 1. The van der Waals surface area contributed by atoms with Crippen LogP contribution in [0.2, 0.25) is 0 Å². The van der Waals surface area contributed by atoms with E-state index in [0.29, 0.717) is 77.6 Å². The fourth-order valence-electron chi connectivity index (χ4n) is 7.76. The summed E-state index contributed by atoms with van der Waals surface area (Å²) in [5.41, 5.74) is 5.20. The highest BCUT2D eigenvalue weighted by Gasteiger charge is 2.35. The molecule has 10 N–H and O–H groups in total. The van der Waals surface area contributed by atoms with E-state index < -0.39 is 47.0 Å². The molecule has 2 aliphatic rings. The Morgan fingerprint density at radius 2 is 1.51 bits per heavy atom. The molecule has 6 rings (SSSR count). The van der Waals surface area contributed by atoms with Gasteiger partial charge in [0.05, 0.1) is 0 Å². The first-order chi connectivity index (χ1) is 26.2. The van der Waals surface area contributed by atoms with Gasteiger partial charge in [0.2, 0.25) is 6.10 Å². The van der Waals surface area contributed by atoms with Gasteiger partial charge < -0.3 is 56.0 Å². The first kappa shape index (κ1) is 38.4. The van der Waals surface area contributed by atoms with Crippen LogP contribution in [0.1, 0.15) is 83.9 Å². The number of carboxylic acids is 1. The Hall–Kier alpha value is -6.34. The minimum absolute atomic E-state index is 0.0416. The Bertz CT molecular complexity index is 2220. The molecular weight excluding hydrogens is 710 g/mol. The second-order valence-corrected chi connectivity index (χ2v) is 13.8. The van der Waals surface area contributed by atoms with E-state index in [9.17, 15) is 55.5 Å². The van der Waals surface area contributed by atoms with E-state index in [2.05, 4.69) is 5.32 Å². The largest absolute Gasteiger partial charge is 0.508 e. The number of rotatable bonds is 11. The molecular formula is C42H43NO12. The van der Waals surface area contributed by atoms with E-state index in [0.717, 1.165) is 23.8 Å². The monoisotopic (exact) mass is 753 g/mol. The quantitative estimate of drug-likeness (QED) is 0.0459. The van der Waals surface area contributed by atoms with Crippen LogP contribution < -0.4 is 5.32 Å². The molecule has 4 aromatic rings. The highest BCUT2D eigenvalue weighted by molar-refractivity contribution is 5.98. The van der Waals surface area contributed by atoms with Crippen molar-refractivity contribution in [3.63, 3.8) is 0 Å². The van der Waals surface area contributed by atoms with E-state index in [-0.39, 0.29) is 46.6 Å². The zero-order valence-corrected chi connectivity index (χ0v) is 30.2. The molecule has 4 aromatic carbocycles. The van der Waals surface area contributed by atoms with Gasteiger partial charge in [-0.1, -0.05) is 32.1 Å². The number of allylic oxidation sites excluding steroid dienone is 1. The number of phenolic OH excluding ortho intramolecular Hbond substituents is 8. The van der Waals surface area contributed by atoms with Crippen molar-refractivity contribution in [2.75, 3.05) is 13.1 Å². The van der Waals surface area contributed by atoms with Gasteiger partial charge in [-0.05, 0) is 120 Å². The third-order valence-electron chi connectivity index (χ3n) is 10.5. The molecule has 13 heteroatoms. The van der Waals surface area contributed by atoms with Crippen molar-refractivity contribution in [3.05, 3.63) is 87.5 Å². The number of phenols is 8. The highest BCUT2D eigenvalue weighted by Crippen LogP contribution is 2.53. The molecule has 0 aliphatic heterocycles. The first-order valence-corrected chi connectivity index (χ1v) is 18.0. The van der Waals surface area contributed by atoms with Crippen LogP contribution in [0.3, 0.4) is 0 Å². The van der Waals surface area contributed by atoms with E-state index in [4.69, 9.17) is 4.74 Å². The Morgan fingerprint density at radius 1 is 0.836 bits per heavy atom. The molecule has 2 aliphatic carbocycles. The van der Waals surface area contributed by atoms with Crippen LogP contribution in [0.5, 0.6) is 46.0 Å². The Morgan fingerprint density at radius 3 is 2.18 bits per heavy atom. The number of fused-ring (bicyclic) bond motifs is 4. The average molecular weight is 754 g/mol. The topological polar surface area (TPSA) is 237 Å². The molecule has 288 valence electrons. The van der Waals surface area contributed by atoms with Crippen LogP contribution in [0, 0.1) is 0 Å². The summed E-state index contributed by atoms with van der Waals surface area (Å²) in [7, 11) is 0. The van der Waals surface area contributed by atoms with Crippen molar-refractivity contribution in [1.29, 1.82) is 0 Å². The lowest BCUT2D eigenvalue weighted by Crippen LogP contribution is -2.38. The van der Waals surface area contributed by atoms with Gasteiger partial charge in [0, 0.05) is 35.2 Å². The molecule has 55 heavy (non-hydrogen) atoms. The third kappa shape index (κ3) is 7.30. The molecule has 3 atom stereocenters. The summed E-state index contributed by atoms with van der Waals surface area (Å²) >= 11 is 0. The number of hydrogen-bond acceptors (Lipinski definition) is 12. The van der Waals surface area contributed by atoms with Gasteiger partial charge in [-0.2, -0.15) is 0 Å². The number of ether oxygens (including phenoxy) is 1. The molecule has 13 nitrogen and oxygen atoms in total. The number of esters is 1. The second kappa shape index (κ2) is 15.6. The summed E-state index contributed by atoms with van der Waals surface area (Å²) in [6, 6.07) is 10.1. The van der Waals surface area contributed by atoms with E-state index in [1.807, 2.05) is 13.0 Å². The standard InChI is InChI=1S/C42H43NO12/c1-3-20-13-22(28-18-34(48)38(50)26-9-5-7-24-25(37(26)28)8-6-10-30(24)44)14-27-21(15-33(47)40(52)36(20)27)11-12-35(49)55-41(42(53)54)29(19-43-4-2)23-16-31(45)39(51)32(46)17-23/h6,8,10-12,14-18,20,29,41,43-48,50-52H,3-5,7,9,13,19H2,1-2H3,(H,53,54)/b12-11-/t20-,29+,41-/m1/s1. The van der Waals surface area contributed by atoms with Crippen molar-refractivity contribution in [2.24, 2.45) is 0 Å². The van der Waals surface area contributed by atoms with Gasteiger partial charge >= 0.3 is 11.9 Å². The Balaban J connectivity index is 1.43. The van der Waals surface area contributed by atoms with Crippen LogP contribution >= 0.6 is 0 Å². The van der Waals surface area contributed by atoms with Gasteiger partial charge in [-0.25, -0.2) is 9.59 Å². The number of carbonyl (C=O) groups is 2. The maximum Gasteiger partial charge on any atom is 0.345 e. The van der Waals surface area contributed by atoms with Crippen LogP contribution in [0.15, 0.2) is 48.5 Å². The van der Waals surface area contributed by atoms with Crippen LogP contribution in [-0.2, 0) is 27.2 Å². The molecule has 0 amide bonds. The normalized spacial score (nSPS) is 16.0. The molecule has 0 bridgehead atoms. The number of carboxylic acid groups (broad SMARTS) is 1. The lowest BCUT2D eigenvalue weighted by molar-refractivity contribution is -0.162. The van der Waals surface area contributed by atoms with Gasteiger partial charge in [-0.3, -0.25) is 0 Å². The summed E-state index contributed by atoms with van der Waals surface area (Å²) in [5.74, 6) is -7.42. The number of nitrogens with one attached hydrogen (secondary N) is 1. The smallest absolute Gasteiger partial charge is 0.345 e.